The summed E-state index contributed by atoms with van der Waals surface area (Å²) in [5.41, 5.74) is 6.71. The quantitative estimate of drug-likeness (QED) is 0.0847. The van der Waals surface area contributed by atoms with Crippen LogP contribution in [0.2, 0.25) is 36.3 Å². The summed E-state index contributed by atoms with van der Waals surface area (Å²) in [5, 5.41) is 0.0808. The van der Waals surface area contributed by atoms with Gasteiger partial charge in [0.05, 0.1) is 11.8 Å². The second-order valence-electron chi connectivity index (χ2n) is 20.0. The highest BCUT2D eigenvalue weighted by molar-refractivity contribution is 6.75. The molecule has 8 heteroatoms. The molecule has 0 amide bonds. The van der Waals surface area contributed by atoms with Crippen LogP contribution in [-0.2, 0) is 19.1 Å². The van der Waals surface area contributed by atoms with Gasteiger partial charge in [0.25, 0.3) is 0 Å². The average Bonchev–Trinajstić information content (AvgIpc) is 3.08. The van der Waals surface area contributed by atoms with Gasteiger partial charge in [0.2, 0.25) is 16.6 Å². The normalized spacial score (nSPS) is 19.1. The van der Waals surface area contributed by atoms with Crippen molar-refractivity contribution < 1.29 is 27.9 Å². The molecule has 0 spiro atoms. The summed E-state index contributed by atoms with van der Waals surface area (Å²) < 4.78 is 25.4. The first-order valence-corrected chi connectivity index (χ1v) is 27.2. The third-order valence-electron chi connectivity index (χ3n) is 12.5. The van der Waals surface area contributed by atoms with E-state index in [-0.39, 0.29) is 35.2 Å². The van der Waals surface area contributed by atoms with E-state index in [1.807, 2.05) is 60.7 Å². The fraction of sp³-hybridized carbons (Fsp3) is 0.560. The summed E-state index contributed by atoms with van der Waals surface area (Å²) in [6.07, 6.45) is 12.1. The SMILES string of the molecule is CC(C)=CCC/C(C)=C/COC(=O)C1C(c2ccc(O[Si](C)(C)C(C)(C)C)cc2)C(C(=O)OC/C=C(\C)CCC=C(C)C)C1c1ccc(O[Si](C)(C)C(C)(C)C)cc1. The summed E-state index contributed by atoms with van der Waals surface area (Å²) in [5.74, 6) is -1.12. The van der Waals surface area contributed by atoms with Crippen LogP contribution in [0.1, 0.15) is 132 Å². The number of ether oxygens (including phenoxy) is 2. The van der Waals surface area contributed by atoms with Crippen LogP contribution < -0.4 is 8.85 Å². The molecule has 1 saturated carbocycles. The molecule has 0 aliphatic heterocycles. The fourth-order valence-electron chi connectivity index (χ4n) is 6.68. The number of carbonyl (C=O) groups is 2. The van der Waals surface area contributed by atoms with Gasteiger partial charge in [-0.05, 0) is 151 Å². The predicted molar refractivity (Wildman–Crippen MR) is 248 cm³/mol. The molecule has 3 rings (SSSR count). The summed E-state index contributed by atoms with van der Waals surface area (Å²) in [6.45, 7) is 35.2. The molecule has 1 aliphatic carbocycles. The number of carbonyl (C=O) groups excluding carboxylic acids is 2. The van der Waals surface area contributed by atoms with Crippen molar-refractivity contribution in [2.24, 2.45) is 11.8 Å². The Morgan fingerprint density at radius 3 is 1.12 bits per heavy atom. The van der Waals surface area contributed by atoms with Gasteiger partial charge in [-0.3, -0.25) is 9.59 Å². The van der Waals surface area contributed by atoms with E-state index in [2.05, 4.69) is 121 Å². The first kappa shape index (κ1) is 48.7. The van der Waals surface area contributed by atoms with Gasteiger partial charge < -0.3 is 18.3 Å². The van der Waals surface area contributed by atoms with Crippen LogP contribution in [0.5, 0.6) is 11.5 Å². The Balaban J connectivity index is 2.05. The third-order valence-corrected chi connectivity index (χ3v) is 21.2. The summed E-state index contributed by atoms with van der Waals surface area (Å²) in [4.78, 5) is 28.7. The van der Waals surface area contributed by atoms with Gasteiger partial charge in [0, 0.05) is 11.8 Å². The Hall–Kier alpha value is -3.63. The first-order chi connectivity index (χ1) is 26.8. The molecule has 0 bridgehead atoms. The van der Waals surface area contributed by atoms with Crippen molar-refractivity contribution in [1.29, 1.82) is 0 Å². The molecular weight excluding hydrogens is 753 g/mol. The minimum absolute atomic E-state index is 0.0404. The molecule has 1 fully saturated rings. The van der Waals surface area contributed by atoms with Crippen LogP contribution in [0.15, 0.2) is 95.1 Å². The van der Waals surface area contributed by atoms with E-state index in [1.54, 1.807) is 0 Å². The zero-order chi connectivity index (χ0) is 43.6. The zero-order valence-corrected chi connectivity index (χ0v) is 40.9. The van der Waals surface area contributed by atoms with Gasteiger partial charge in [0.1, 0.15) is 24.7 Å². The van der Waals surface area contributed by atoms with Crippen LogP contribution in [0.3, 0.4) is 0 Å². The Labute approximate surface area is 354 Å². The highest BCUT2D eigenvalue weighted by Gasteiger charge is 2.59. The van der Waals surface area contributed by atoms with Gasteiger partial charge in [0.15, 0.2) is 0 Å². The maximum absolute atomic E-state index is 14.4. The van der Waals surface area contributed by atoms with Gasteiger partial charge in [-0.2, -0.15) is 0 Å². The monoisotopic (exact) mass is 829 g/mol. The molecule has 1 aliphatic rings. The number of esters is 2. The lowest BCUT2D eigenvalue weighted by Crippen LogP contribution is -2.52. The lowest BCUT2D eigenvalue weighted by molar-refractivity contribution is -0.166. The van der Waals surface area contributed by atoms with E-state index in [9.17, 15) is 9.59 Å². The number of allylic oxidation sites excluding steroid dienone is 6. The van der Waals surface area contributed by atoms with Crippen molar-refractivity contribution in [2.45, 2.75) is 157 Å². The Morgan fingerprint density at radius 2 is 0.845 bits per heavy atom. The van der Waals surface area contributed by atoms with E-state index in [4.69, 9.17) is 18.3 Å². The minimum atomic E-state index is -2.08. The van der Waals surface area contributed by atoms with E-state index in [0.29, 0.717) is 0 Å². The lowest BCUT2D eigenvalue weighted by Gasteiger charge is -2.49. The van der Waals surface area contributed by atoms with E-state index < -0.39 is 40.3 Å². The molecule has 6 nitrogen and oxygen atoms in total. The molecule has 0 radical (unpaired) electrons. The van der Waals surface area contributed by atoms with Crippen molar-refractivity contribution >= 4 is 28.6 Å². The van der Waals surface area contributed by atoms with Gasteiger partial charge in [-0.15, -0.1) is 0 Å². The maximum Gasteiger partial charge on any atom is 0.310 e. The van der Waals surface area contributed by atoms with Crippen molar-refractivity contribution in [2.75, 3.05) is 13.2 Å². The second-order valence-corrected chi connectivity index (χ2v) is 29.4. The topological polar surface area (TPSA) is 71.1 Å². The lowest BCUT2D eigenvalue weighted by atomic mass is 9.52. The van der Waals surface area contributed by atoms with Crippen molar-refractivity contribution in [3.63, 3.8) is 0 Å². The summed E-state index contributed by atoms with van der Waals surface area (Å²) >= 11 is 0. The first-order valence-electron chi connectivity index (χ1n) is 21.3. The molecule has 0 aromatic heterocycles. The molecule has 2 aromatic rings. The maximum atomic E-state index is 14.4. The van der Waals surface area contributed by atoms with Crippen molar-refractivity contribution in [3.8, 4) is 11.5 Å². The number of benzene rings is 2. The molecule has 58 heavy (non-hydrogen) atoms. The second kappa shape index (κ2) is 20.6. The molecule has 0 atom stereocenters. The zero-order valence-electron chi connectivity index (χ0n) is 38.9. The Kier molecular flexibility index (Phi) is 17.3. The Morgan fingerprint density at radius 1 is 0.534 bits per heavy atom. The van der Waals surface area contributed by atoms with Crippen molar-refractivity contribution in [3.05, 3.63) is 106 Å². The summed E-state index contributed by atoms with van der Waals surface area (Å²) in [7, 11) is -4.17. The minimum Gasteiger partial charge on any atom is -0.544 e. The van der Waals surface area contributed by atoms with Crippen LogP contribution in [0, 0.1) is 11.8 Å². The molecule has 2 aromatic carbocycles. The standard InChI is InChI=1S/C50H76O6Si2/c1-35(2)19-17-21-37(5)31-33-53-47(51)45-43(39-23-27-41(28-24-39)55-57(13,14)49(7,8)9)46(48(52)54-34-32-38(6)22-18-20-36(3)4)44(45)40-25-29-42(30-26-40)56-58(15,16)50(10,11)12/h19-20,23-32,43-46H,17-18,21-22,33-34H2,1-16H3/b37-31+,38-32+. The fourth-order valence-corrected chi connectivity index (χ4v) is 8.74. The van der Waals surface area contributed by atoms with E-state index >= 15 is 0 Å². The molecule has 320 valence electrons. The smallest absolute Gasteiger partial charge is 0.310 e. The molecular formula is C50H76O6Si2. The largest absolute Gasteiger partial charge is 0.544 e. The van der Waals surface area contributed by atoms with Crippen molar-refractivity contribution in [1.82, 2.24) is 0 Å². The van der Waals surface area contributed by atoms with Gasteiger partial charge in [-0.25, -0.2) is 0 Å². The van der Waals surface area contributed by atoms with Crippen LogP contribution in [0.4, 0.5) is 0 Å². The van der Waals surface area contributed by atoms with Gasteiger partial charge >= 0.3 is 11.9 Å². The molecule has 0 N–H and O–H groups in total. The van der Waals surface area contributed by atoms with Crippen LogP contribution in [0.25, 0.3) is 0 Å². The highest BCUT2D eigenvalue weighted by atomic mass is 28.4. The third kappa shape index (κ3) is 13.7. The van der Waals surface area contributed by atoms with Gasteiger partial charge in [-0.1, -0.05) is 100 Å². The van der Waals surface area contributed by atoms with Crippen LogP contribution >= 0.6 is 0 Å². The number of hydrogen-bond acceptors (Lipinski definition) is 6. The van der Waals surface area contributed by atoms with E-state index in [1.165, 1.54) is 22.3 Å². The summed E-state index contributed by atoms with van der Waals surface area (Å²) in [6, 6.07) is 16.0. The average molecular weight is 829 g/mol. The molecule has 0 heterocycles. The Bertz CT molecular complexity index is 1650. The number of hydrogen-bond donors (Lipinski definition) is 0. The highest BCUT2D eigenvalue weighted by Crippen LogP contribution is 2.59. The molecule has 0 unspecified atom stereocenters. The predicted octanol–water partition coefficient (Wildman–Crippen LogP) is 14.0. The van der Waals surface area contributed by atoms with Crippen LogP contribution in [-0.4, -0.2) is 41.8 Å². The molecule has 0 saturated heterocycles. The van der Waals surface area contributed by atoms with E-state index in [0.717, 1.165) is 48.3 Å². The number of rotatable bonds is 18.